The van der Waals surface area contributed by atoms with Crippen LogP contribution >= 0.6 is 11.8 Å². The monoisotopic (exact) mass is 407 g/mol. The Morgan fingerprint density at radius 3 is 2.72 bits per heavy atom. The summed E-state index contributed by atoms with van der Waals surface area (Å²) < 4.78 is 10.7. The van der Waals surface area contributed by atoms with Crippen molar-refractivity contribution >= 4 is 17.7 Å². The van der Waals surface area contributed by atoms with Crippen LogP contribution in [0, 0.1) is 6.92 Å². The van der Waals surface area contributed by atoms with Crippen LogP contribution in [0.2, 0.25) is 0 Å². The van der Waals surface area contributed by atoms with Crippen molar-refractivity contribution < 1.29 is 14.3 Å². The summed E-state index contributed by atoms with van der Waals surface area (Å²) in [5.41, 5.74) is 3.72. The quantitative estimate of drug-likeness (QED) is 0.489. The van der Waals surface area contributed by atoms with E-state index in [9.17, 15) is 4.79 Å². The lowest BCUT2D eigenvalue weighted by molar-refractivity contribution is -0.119. The van der Waals surface area contributed by atoms with Crippen LogP contribution in [0.25, 0.3) is 11.3 Å². The molecule has 0 saturated heterocycles. The standard InChI is InChI=1S/C22H21N3O3S/c1-14-10-18(16-6-4-3-5-7-16)25-22(23-14)29-12-21(26)24-15(2)17-8-9-19-20(11-17)28-13-27-19/h3-11,15H,12-13H2,1-2H3,(H,24,26)/t15-/m1/s1. The van der Waals surface area contributed by atoms with E-state index in [1.54, 1.807) is 0 Å². The van der Waals surface area contributed by atoms with Gasteiger partial charge in [-0.1, -0.05) is 48.2 Å². The van der Waals surface area contributed by atoms with Crippen molar-refractivity contribution in [2.75, 3.05) is 12.5 Å². The average Bonchev–Trinajstić information content (AvgIpc) is 3.20. The van der Waals surface area contributed by atoms with Gasteiger partial charge in [-0.2, -0.15) is 0 Å². The lowest BCUT2D eigenvalue weighted by Crippen LogP contribution is -2.28. The third-order valence-corrected chi connectivity index (χ3v) is 5.36. The lowest BCUT2D eigenvalue weighted by atomic mass is 10.1. The minimum absolute atomic E-state index is 0.0773. The number of fused-ring (bicyclic) bond motifs is 1. The molecule has 1 aliphatic heterocycles. The van der Waals surface area contributed by atoms with Crippen LogP contribution in [0.5, 0.6) is 11.5 Å². The number of thioether (sulfide) groups is 1. The van der Waals surface area contributed by atoms with E-state index in [1.807, 2.05) is 68.4 Å². The summed E-state index contributed by atoms with van der Waals surface area (Å²) in [6.45, 7) is 4.11. The number of aryl methyl sites for hydroxylation is 1. The van der Waals surface area contributed by atoms with Crippen LogP contribution < -0.4 is 14.8 Å². The summed E-state index contributed by atoms with van der Waals surface area (Å²) in [7, 11) is 0. The van der Waals surface area contributed by atoms with Gasteiger partial charge in [0.25, 0.3) is 0 Å². The molecule has 0 spiro atoms. The topological polar surface area (TPSA) is 73.3 Å². The molecule has 1 aromatic heterocycles. The number of hydrogen-bond acceptors (Lipinski definition) is 6. The molecule has 2 heterocycles. The van der Waals surface area contributed by atoms with Gasteiger partial charge in [-0.3, -0.25) is 4.79 Å². The van der Waals surface area contributed by atoms with Crippen molar-refractivity contribution in [3.8, 4) is 22.8 Å². The number of aromatic nitrogens is 2. The Hall–Kier alpha value is -3.06. The second-order valence-corrected chi connectivity index (χ2v) is 7.68. The highest BCUT2D eigenvalue weighted by Crippen LogP contribution is 2.34. The Morgan fingerprint density at radius 2 is 1.90 bits per heavy atom. The first kappa shape index (κ1) is 19.3. The Kier molecular flexibility index (Phi) is 5.67. The zero-order valence-corrected chi connectivity index (χ0v) is 17.0. The maximum atomic E-state index is 12.4. The van der Waals surface area contributed by atoms with Crippen LogP contribution in [-0.2, 0) is 4.79 Å². The number of hydrogen-bond donors (Lipinski definition) is 1. The van der Waals surface area contributed by atoms with Crippen LogP contribution in [0.15, 0.2) is 59.8 Å². The van der Waals surface area contributed by atoms with Gasteiger partial charge < -0.3 is 14.8 Å². The van der Waals surface area contributed by atoms with Crippen molar-refractivity contribution in [2.45, 2.75) is 25.0 Å². The van der Waals surface area contributed by atoms with Crippen molar-refractivity contribution in [3.63, 3.8) is 0 Å². The molecule has 3 aromatic rings. The number of benzene rings is 2. The minimum Gasteiger partial charge on any atom is -0.454 e. The van der Waals surface area contributed by atoms with Gasteiger partial charge in [-0.05, 0) is 37.6 Å². The molecular formula is C22H21N3O3S. The first-order valence-electron chi connectivity index (χ1n) is 9.31. The molecule has 7 heteroatoms. The van der Waals surface area contributed by atoms with E-state index >= 15 is 0 Å². The molecule has 0 saturated carbocycles. The Labute approximate surface area is 173 Å². The number of nitrogens with one attached hydrogen (secondary N) is 1. The number of carbonyl (C=O) groups is 1. The number of amides is 1. The molecule has 0 bridgehead atoms. The largest absolute Gasteiger partial charge is 0.454 e. The summed E-state index contributed by atoms with van der Waals surface area (Å²) in [4.78, 5) is 21.5. The molecular weight excluding hydrogens is 386 g/mol. The predicted molar refractivity (Wildman–Crippen MR) is 112 cm³/mol. The van der Waals surface area contributed by atoms with Crippen molar-refractivity contribution in [1.29, 1.82) is 0 Å². The summed E-state index contributed by atoms with van der Waals surface area (Å²) in [5, 5.41) is 3.60. The summed E-state index contributed by atoms with van der Waals surface area (Å²) in [5.74, 6) is 1.60. The molecule has 0 unspecified atom stereocenters. The number of ether oxygens (including phenoxy) is 2. The van der Waals surface area contributed by atoms with E-state index in [4.69, 9.17) is 9.47 Å². The van der Waals surface area contributed by atoms with Gasteiger partial charge in [-0.25, -0.2) is 9.97 Å². The Bertz CT molecular complexity index is 1030. The molecule has 4 rings (SSSR count). The van der Waals surface area contributed by atoms with E-state index in [2.05, 4.69) is 15.3 Å². The highest BCUT2D eigenvalue weighted by atomic mass is 32.2. The molecule has 1 N–H and O–H groups in total. The molecule has 2 aromatic carbocycles. The predicted octanol–water partition coefficient (Wildman–Crippen LogP) is 4.15. The summed E-state index contributed by atoms with van der Waals surface area (Å²) >= 11 is 1.33. The third kappa shape index (κ3) is 4.68. The summed E-state index contributed by atoms with van der Waals surface area (Å²) in [6, 6.07) is 17.4. The van der Waals surface area contributed by atoms with E-state index in [-0.39, 0.29) is 24.5 Å². The van der Waals surface area contributed by atoms with E-state index in [0.717, 1.165) is 28.3 Å². The molecule has 6 nitrogen and oxygen atoms in total. The van der Waals surface area contributed by atoms with Gasteiger partial charge in [-0.15, -0.1) is 0 Å². The fraction of sp³-hybridized carbons (Fsp3) is 0.227. The number of carbonyl (C=O) groups excluding carboxylic acids is 1. The first-order valence-corrected chi connectivity index (χ1v) is 10.3. The van der Waals surface area contributed by atoms with Crippen molar-refractivity contribution in [2.24, 2.45) is 0 Å². The fourth-order valence-electron chi connectivity index (χ4n) is 3.04. The lowest BCUT2D eigenvalue weighted by Gasteiger charge is -2.14. The molecule has 1 aliphatic rings. The highest BCUT2D eigenvalue weighted by Gasteiger charge is 2.17. The maximum absolute atomic E-state index is 12.4. The normalized spacial score (nSPS) is 13.2. The SMILES string of the molecule is Cc1cc(-c2ccccc2)nc(SCC(=O)N[C@H](C)c2ccc3c(c2)OCO3)n1. The van der Waals surface area contributed by atoms with Gasteiger partial charge in [0.15, 0.2) is 16.7 Å². The number of rotatable bonds is 6. The van der Waals surface area contributed by atoms with Gasteiger partial charge in [0.1, 0.15) is 0 Å². The molecule has 148 valence electrons. The average molecular weight is 407 g/mol. The highest BCUT2D eigenvalue weighted by molar-refractivity contribution is 7.99. The van der Waals surface area contributed by atoms with Crippen LogP contribution in [-0.4, -0.2) is 28.4 Å². The fourth-order valence-corrected chi connectivity index (χ4v) is 3.76. The zero-order chi connectivity index (χ0) is 20.2. The van der Waals surface area contributed by atoms with Crippen LogP contribution in [0.4, 0.5) is 0 Å². The maximum Gasteiger partial charge on any atom is 0.231 e. The van der Waals surface area contributed by atoms with Gasteiger partial charge in [0.05, 0.1) is 17.5 Å². The Balaban J connectivity index is 1.38. The second-order valence-electron chi connectivity index (χ2n) is 6.73. The van der Waals surface area contributed by atoms with Crippen LogP contribution in [0.1, 0.15) is 24.2 Å². The van der Waals surface area contributed by atoms with Gasteiger partial charge >= 0.3 is 0 Å². The second kappa shape index (κ2) is 8.53. The molecule has 0 radical (unpaired) electrons. The number of nitrogens with zero attached hydrogens (tertiary/aromatic N) is 2. The van der Waals surface area contributed by atoms with Crippen molar-refractivity contribution in [3.05, 3.63) is 65.9 Å². The third-order valence-electron chi connectivity index (χ3n) is 4.51. The smallest absolute Gasteiger partial charge is 0.231 e. The van der Waals surface area contributed by atoms with Crippen molar-refractivity contribution in [1.82, 2.24) is 15.3 Å². The summed E-state index contributed by atoms with van der Waals surface area (Å²) in [6.07, 6.45) is 0. The molecule has 29 heavy (non-hydrogen) atoms. The molecule has 0 aliphatic carbocycles. The molecule has 0 fully saturated rings. The van der Waals surface area contributed by atoms with E-state index in [1.165, 1.54) is 11.8 Å². The van der Waals surface area contributed by atoms with Gasteiger partial charge in [0, 0.05) is 11.3 Å². The zero-order valence-electron chi connectivity index (χ0n) is 16.2. The van der Waals surface area contributed by atoms with Gasteiger partial charge in [0.2, 0.25) is 12.7 Å². The minimum atomic E-state index is -0.143. The van der Waals surface area contributed by atoms with Crippen LogP contribution in [0.3, 0.4) is 0 Å². The Morgan fingerprint density at radius 1 is 1.10 bits per heavy atom. The first-order chi connectivity index (χ1) is 14.1. The molecule has 1 atom stereocenters. The van der Waals surface area contributed by atoms with E-state index in [0.29, 0.717) is 10.9 Å². The molecule has 1 amide bonds. The van der Waals surface area contributed by atoms with E-state index < -0.39 is 0 Å².